The molecule has 3 rings (SSSR count). The van der Waals surface area contributed by atoms with Crippen LogP contribution in [-0.2, 0) is 6.42 Å². The fourth-order valence-electron chi connectivity index (χ4n) is 2.50. The molecule has 0 aliphatic carbocycles. The van der Waals surface area contributed by atoms with Crippen LogP contribution in [0.15, 0.2) is 53.4 Å². The van der Waals surface area contributed by atoms with Crippen LogP contribution < -0.4 is 10.1 Å². The van der Waals surface area contributed by atoms with Crippen molar-refractivity contribution in [3.05, 3.63) is 54.1 Å². The van der Waals surface area contributed by atoms with Crippen LogP contribution in [0.1, 0.15) is 12.0 Å². The van der Waals surface area contributed by atoms with Gasteiger partial charge >= 0.3 is 0 Å². The van der Waals surface area contributed by atoms with Gasteiger partial charge in [-0.1, -0.05) is 18.2 Å². The molecule has 2 nitrogen and oxygen atoms in total. The minimum absolute atomic E-state index is 0.225. The Kier molecular flexibility index (Phi) is 4.16. The average molecular weight is 285 g/mol. The van der Waals surface area contributed by atoms with Gasteiger partial charge in [0.05, 0.1) is 6.54 Å². The molecule has 1 aliphatic rings. The maximum atomic E-state index is 6.09. The Labute approximate surface area is 124 Å². The van der Waals surface area contributed by atoms with E-state index < -0.39 is 0 Å². The van der Waals surface area contributed by atoms with Crippen LogP contribution >= 0.6 is 11.8 Å². The molecular formula is C17H19NOS. The second-order valence-corrected chi connectivity index (χ2v) is 5.87. The van der Waals surface area contributed by atoms with Gasteiger partial charge in [0, 0.05) is 10.6 Å². The zero-order valence-corrected chi connectivity index (χ0v) is 12.5. The number of aryl methyl sites for hydroxylation is 1. The molecule has 2 aromatic rings. The van der Waals surface area contributed by atoms with E-state index in [1.165, 1.54) is 16.1 Å². The molecule has 0 fully saturated rings. The summed E-state index contributed by atoms with van der Waals surface area (Å²) in [6, 6.07) is 16.9. The van der Waals surface area contributed by atoms with Gasteiger partial charge < -0.3 is 10.1 Å². The third-order valence-electron chi connectivity index (χ3n) is 3.64. The van der Waals surface area contributed by atoms with Crippen molar-refractivity contribution in [1.82, 2.24) is 0 Å². The molecule has 20 heavy (non-hydrogen) atoms. The Morgan fingerprint density at radius 1 is 1.10 bits per heavy atom. The highest BCUT2D eigenvalue weighted by Gasteiger charge is 2.16. The number of anilines is 1. The van der Waals surface area contributed by atoms with Gasteiger partial charge in [-0.3, -0.25) is 0 Å². The van der Waals surface area contributed by atoms with Crippen LogP contribution in [0, 0.1) is 0 Å². The van der Waals surface area contributed by atoms with Crippen molar-refractivity contribution < 1.29 is 4.74 Å². The summed E-state index contributed by atoms with van der Waals surface area (Å²) in [7, 11) is 0. The first-order valence-corrected chi connectivity index (χ1v) is 8.20. The first-order valence-electron chi connectivity index (χ1n) is 6.97. The number of hydrogen-bond donors (Lipinski definition) is 1. The van der Waals surface area contributed by atoms with E-state index in [2.05, 4.69) is 60.1 Å². The number of thioether (sulfide) groups is 1. The summed E-state index contributed by atoms with van der Waals surface area (Å²) in [6.07, 6.45) is 4.43. The molecule has 104 valence electrons. The monoisotopic (exact) mass is 285 g/mol. The summed E-state index contributed by atoms with van der Waals surface area (Å²) in [5, 5.41) is 3.49. The van der Waals surface area contributed by atoms with Crippen molar-refractivity contribution >= 4 is 17.4 Å². The molecule has 0 spiro atoms. The van der Waals surface area contributed by atoms with E-state index in [1.54, 1.807) is 11.8 Å². The Morgan fingerprint density at radius 3 is 2.70 bits per heavy atom. The largest absolute Gasteiger partial charge is 0.489 e. The van der Waals surface area contributed by atoms with Gasteiger partial charge in [0.1, 0.15) is 11.9 Å². The fraction of sp³-hybridized carbons (Fsp3) is 0.294. The van der Waals surface area contributed by atoms with E-state index in [4.69, 9.17) is 4.74 Å². The summed E-state index contributed by atoms with van der Waals surface area (Å²) in [6.45, 7) is 0.862. The van der Waals surface area contributed by atoms with Crippen LogP contribution in [0.3, 0.4) is 0 Å². The summed E-state index contributed by atoms with van der Waals surface area (Å²) >= 11 is 1.75. The van der Waals surface area contributed by atoms with Gasteiger partial charge in [-0.15, -0.1) is 11.8 Å². The van der Waals surface area contributed by atoms with E-state index in [9.17, 15) is 0 Å². The quantitative estimate of drug-likeness (QED) is 0.853. The summed E-state index contributed by atoms with van der Waals surface area (Å²) in [4.78, 5) is 1.27. The topological polar surface area (TPSA) is 21.3 Å². The lowest BCUT2D eigenvalue weighted by molar-refractivity contribution is 0.206. The Hall–Kier alpha value is -1.61. The van der Waals surface area contributed by atoms with Crippen LogP contribution in [0.25, 0.3) is 0 Å². The Balaban J connectivity index is 1.65. The minimum atomic E-state index is 0.225. The Morgan fingerprint density at radius 2 is 1.90 bits per heavy atom. The standard InChI is InChI=1S/C17H19NOS/c1-20-16-10-8-14(9-11-16)19-15-7-6-13-4-2-3-5-17(13)18-12-15/h2-5,8-11,15,18H,6-7,12H2,1H3. The molecule has 0 saturated carbocycles. The fourth-order valence-corrected chi connectivity index (χ4v) is 2.91. The predicted octanol–water partition coefficient (Wildman–Crippen LogP) is 4.21. The van der Waals surface area contributed by atoms with E-state index in [0.717, 1.165) is 25.1 Å². The van der Waals surface area contributed by atoms with E-state index in [-0.39, 0.29) is 6.10 Å². The van der Waals surface area contributed by atoms with Gasteiger partial charge in [-0.25, -0.2) is 0 Å². The average Bonchev–Trinajstić information content (AvgIpc) is 2.71. The maximum absolute atomic E-state index is 6.09. The molecule has 1 aliphatic heterocycles. The molecule has 1 heterocycles. The lowest BCUT2D eigenvalue weighted by Crippen LogP contribution is -2.24. The summed E-state index contributed by atoms with van der Waals surface area (Å²) < 4.78 is 6.09. The lowest BCUT2D eigenvalue weighted by atomic mass is 10.1. The van der Waals surface area contributed by atoms with Gasteiger partial charge in [-0.2, -0.15) is 0 Å². The third-order valence-corrected chi connectivity index (χ3v) is 4.38. The van der Waals surface area contributed by atoms with Crippen LogP contribution in [0.4, 0.5) is 5.69 Å². The van der Waals surface area contributed by atoms with Gasteiger partial charge in [0.2, 0.25) is 0 Å². The van der Waals surface area contributed by atoms with E-state index in [0.29, 0.717) is 0 Å². The second-order valence-electron chi connectivity index (χ2n) is 4.99. The van der Waals surface area contributed by atoms with Crippen molar-refractivity contribution in [3.8, 4) is 5.75 Å². The Bertz CT molecular complexity index is 540. The summed E-state index contributed by atoms with van der Waals surface area (Å²) in [5.41, 5.74) is 2.63. The van der Waals surface area contributed by atoms with Crippen molar-refractivity contribution in [2.75, 3.05) is 18.1 Å². The number of hydrogen-bond acceptors (Lipinski definition) is 3. The molecule has 0 amide bonds. The van der Waals surface area contributed by atoms with Gasteiger partial charge in [0.25, 0.3) is 0 Å². The third kappa shape index (κ3) is 3.10. The van der Waals surface area contributed by atoms with Crippen LogP contribution in [-0.4, -0.2) is 18.9 Å². The first-order chi connectivity index (χ1) is 9.85. The second kappa shape index (κ2) is 6.23. The predicted molar refractivity (Wildman–Crippen MR) is 85.9 cm³/mol. The SMILES string of the molecule is CSc1ccc(OC2CCc3ccccc3NC2)cc1. The zero-order chi connectivity index (χ0) is 13.8. The smallest absolute Gasteiger partial charge is 0.119 e. The van der Waals surface area contributed by atoms with Gasteiger partial charge in [0.15, 0.2) is 0 Å². The van der Waals surface area contributed by atoms with E-state index >= 15 is 0 Å². The molecule has 0 aromatic heterocycles. The number of para-hydroxylation sites is 1. The van der Waals surface area contributed by atoms with Crippen LogP contribution in [0.5, 0.6) is 5.75 Å². The van der Waals surface area contributed by atoms with E-state index in [1.807, 2.05) is 0 Å². The van der Waals surface area contributed by atoms with Crippen molar-refractivity contribution in [1.29, 1.82) is 0 Å². The highest BCUT2D eigenvalue weighted by molar-refractivity contribution is 7.98. The molecular weight excluding hydrogens is 266 g/mol. The number of ether oxygens (including phenoxy) is 1. The van der Waals surface area contributed by atoms with Crippen molar-refractivity contribution in [2.45, 2.75) is 23.8 Å². The number of nitrogens with one attached hydrogen (secondary N) is 1. The molecule has 2 aromatic carbocycles. The highest BCUT2D eigenvalue weighted by atomic mass is 32.2. The van der Waals surface area contributed by atoms with Crippen molar-refractivity contribution in [3.63, 3.8) is 0 Å². The normalized spacial score (nSPS) is 17.8. The number of rotatable bonds is 3. The molecule has 0 saturated heterocycles. The first kappa shape index (κ1) is 13.4. The van der Waals surface area contributed by atoms with Crippen molar-refractivity contribution in [2.24, 2.45) is 0 Å². The van der Waals surface area contributed by atoms with Crippen LogP contribution in [0.2, 0.25) is 0 Å². The lowest BCUT2D eigenvalue weighted by Gasteiger charge is -2.17. The minimum Gasteiger partial charge on any atom is -0.489 e. The molecule has 0 radical (unpaired) electrons. The summed E-state index contributed by atoms with van der Waals surface area (Å²) in [5.74, 6) is 0.959. The zero-order valence-electron chi connectivity index (χ0n) is 11.6. The molecule has 3 heteroatoms. The molecule has 1 unspecified atom stereocenters. The molecule has 1 N–H and O–H groups in total. The van der Waals surface area contributed by atoms with Gasteiger partial charge in [-0.05, 0) is 55.0 Å². The highest BCUT2D eigenvalue weighted by Crippen LogP contribution is 2.24. The number of benzene rings is 2. The number of fused-ring (bicyclic) bond motifs is 1. The maximum Gasteiger partial charge on any atom is 0.119 e. The molecule has 0 bridgehead atoms. The molecule has 1 atom stereocenters.